The van der Waals surface area contributed by atoms with Crippen molar-refractivity contribution in [3.63, 3.8) is 0 Å². The van der Waals surface area contributed by atoms with Crippen LogP contribution in [0.3, 0.4) is 0 Å². The number of likely N-dealkylation sites (N-methyl/N-ethyl adjacent to an activating group) is 1. The number of carbonyl (C=O) groups excluding carboxylic acids is 1. The first-order valence-corrected chi connectivity index (χ1v) is 7.79. The van der Waals surface area contributed by atoms with Crippen molar-refractivity contribution in [2.45, 2.75) is 51.7 Å². The minimum Gasteiger partial charge on any atom is -0.444 e. The van der Waals surface area contributed by atoms with Gasteiger partial charge in [0.15, 0.2) is 0 Å². The van der Waals surface area contributed by atoms with Crippen molar-refractivity contribution in [2.75, 3.05) is 7.05 Å². The van der Waals surface area contributed by atoms with Crippen molar-refractivity contribution in [3.8, 4) is 0 Å². The van der Waals surface area contributed by atoms with E-state index in [2.05, 4.69) is 34.1 Å². The van der Waals surface area contributed by atoms with Crippen molar-refractivity contribution in [1.29, 1.82) is 0 Å². The van der Waals surface area contributed by atoms with Crippen LogP contribution in [-0.2, 0) is 17.6 Å². The van der Waals surface area contributed by atoms with Crippen molar-refractivity contribution in [1.82, 2.24) is 4.90 Å². The first-order chi connectivity index (χ1) is 9.26. The van der Waals surface area contributed by atoms with E-state index < -0.39 is 5.60 Å². The summed E-state index contributed by atoms with van der Waals surface area (Å²) in [6.45, 7) is 5.69. The molecule has 1 atom stereocenters. The van der Waals surface area contributed by atoms with Gasteiger partial charge < -0.3 is 9.64 Å². The van der Waals surface area contributed by atoms with Crippen molar-refractivity contribution < 1.29 is 9.53 Å². The Hall–Kier alpha value is -1.03. The molecule has 0 N–H and O–H groups in total. The fourth-order valence-electron chi connectivity index (χ4n) is 2.52. The molecule has 4 heteroatoms. The molecule has 1 unspecified atom stereocenters. The Morgan fingerprint density at radius 1 is 1.35 bits per heavy atom. The molecule has 1 aromatic rings. The Morgan fingerprint density at radius 3 is 2.70 bits per heavy atom. The van der Waals surface area contributed by atoms with Crippen molar-refractivity contribution in [2.24, 2.45) is 0 Å². The topological polar surface area (TPSA) is 29.5 Å². The SMILES string of the molecule is CN(C(=O)OC(C)(C)C)C1CCc2cc(Br)ccc2C1. The lowest BCUT2D eigenvalue weighted by Gasteiger charge is -2.33. The molecule has 0 saturated carbocycles. The summed E-state index contributed by atoms with van der Waals surface area (Å²) in [6, 6.07) is 6.61. The molecule has 3 nitrogen and oxygen atoms in total. The standard InChI is InChI=1S/C16H22BrNO2/c1-16(2,3)20-15(19)18(4)14-8-6-11-9-13(17)7-5-12(11)10-14/h5,7,9,14H,6,8,10H2,1-4H3. The van der Waals surface area contributed by atoms with Gasteiger partial charge in [0.1, 0.15) is 5.60 Å². The Bertz CT molecular complexity index is 508. The van der Waals surface area contributed by atoms with Crippen LogP contribution < -0.4 is 0 Å². The molecule has 1 amide bonds. The van der Waals surface area contributed by atoms with Crippen LogP contribution in [0.5, 0.6) is 0 Å². The molecule has 2 rings (SSSR count). The minimum atomic E-state index is -0.442. The molecule has 0 aromatic heterocycles. The Labute approximate surface area is 129 Å². The van der Waals surface area contributed by atoms with Gasteiger partial charge >= 0.3 is 6.09 Å². The van der Waals surface area contributed by atoms with E-state index in [9.17, 15) is 4.79 Å². The summed E-state index contributed by atoms with van der Waals surface area (Å²) in [6.07, 6.45) is 2.66. The predicted octanol–water partition coefficient (Wildman–Crippen LogP) is 4.17. The summed E-state index contributed by atoms with van der Waals surface area (Å²) in [4.78, 5) is 13.9. The smallest absolute Gasteiger partial charge is 0.410 e. The van der Waals surface area contributed by atoms with E-state index >= 15 is 0 Å². The van der Waals surface area contributed by atoms with Gasteiger partial charge in [0, 0.05) is 17.6 Å². The molecular weight excluding hydrogens is 318 g/mol. The van der Waals surface area contributed by atoms with Crippen LogP contribution in [0.2, 0.25) is 0 Å². The summed E-state index contributed by atoms with van der Waals surface area (Å²) < 4.78 is 6.56. The largest absolute Gasteiger partial charge is 0.444 e. The van der Waals surface area contributed by atoms with Gasteiger partial charge in [-0.15, -0.1) is 0 Å². The molecular formula is C16H22BrNO2. The maximum Gasteiger partial charge on any atom is 0.410 e. The zero-order chi connectivity index (χ0) is 14.9. The highest BCUT2D eigenvalue weighted by molar-refractivity contribution is 9.10. The van der Waals surface area contributed by atoms with E-state index in [1.807, 2.05) is 27.8 Å². The van der Waals surface area contributed by atoms with Crippen LogP contribution in [0.4, 0.5) is 4.79 Å². The Kier molecular flexibility index (Phi) is 4.43. The van der Waals surface area contributed by atoms with E-state index in [0.717, 1.165) is 23.7 Å². The Balaban J connectivity index is 2.05. The Morgan fingerprint density at radius 2 is 2.05 bits per heavy atom. The molecule has 110 valence electrons. The molecule has 0 heterocycles. The second-order valence-corrected chi connectivity index (χ2v) is 7.32. The normalized spacial score (nSPS) is 18.4. The maximum atomic E-state index is 12.1. The number of fused-ring (bicyclic) bond motifs is 1. The van der Waals surface area contributed by atoms with Crippen LogP contribution in [-0.4, -0.2) is 29.7 Å². The highest BCUT2D eigenvalue weighted by Crippen LogP contribution is 2.27. The van der Waals surface area contributed by atoms with Crippen LogP contribution in [0.15, 0.2) is 22.7 Å². The van der Waals surface area contributed by atoms with Crippen LogP contribution in [0.1, 0.15) is 38.3 Å². The molecule has 0 aliphatic heterocycles. The molecule has 0 saturated heterocycles. The van der Waals surface area contributed by atoms with Gasteiger partial charge in [-0.3, -0.25) is 0 Å². The molecule has 1 aromatic carbocycles. The number of hydrogen-bond donors (Lipinski definition) is 0. The third-order valence-electron chi connectivity index (χ3n) is 3.60. The van der Waals surface area contributed by atoms with E-state index in [4.69, 9.17) is 4.74 Å². The summed E-state index contributed by atoms with van der Waals surface area (Å²) in [5.74, 6) is 0. The molecule has 1 aliphatic carbocycles. The van der Waals surface area contributed by atoms with Crippen LogP contribution in [0, 0.1) is 0 Å². The van der Waals surface area contributed by atoms with Gasteiger partial charge in [-0.2, -0.15) is 0 Å². The molecule has 0 radical (unpaired) electrons. The van der Waals surface area contributed by atoms with Crippen LogP contribution in [0.25, 0.3) is 0 Å². The summed E-state index contributed by atoms with van der Waals surface area (Å²) in [7, 11) is 1.84. The van der Waals surface area contributed by atoms with Gasteiger partial charge in [-0.05, 0) is 63.3 Å². The summed E-state index contributed by atoms with van der Waals surface area (Å²) in [5.41, 5.74) is 2.27. The quantitative estimate of drug-likeness (QED) is 0.768. The van der Waals surface area contributed by atoms with E-state index in [1.165, 1.54) is 11.1 Å². The highest BCUT2D eigenvalue weighted by Gasteiger charge is 2.28. The lowest BCUT2D eigenvalue weighted by atomic mass is 9.88. The number of ether oxygens (including phenoxy) is 1. The van der Waals surface area contributed by atoms with E-state index in [0.29, 0.717) is 0 Å². The van der Waals surface area contributed by atoms with Crippen LogP contribution >= 0.6 is 15.9 Å². The molecule has 1 aliphatic rings. The van der Waals surface area contributed by atoms with Gasteiger partial charge in [-0.25, -0.2) is 4.79 Å². The fourth-order valence-corrected chi connectivity index (χ4v) is 2.93. The molecule has 0 fully saturated rings. The average Bonchev–Trinajstić information content (AvgIpc) is 2.35. The number of halogens is 1. The maximum absolute atomic E-state index is 12.1. The first kappa shape index (κ1) is 15.4. The number of benzene rings is 1. The average molecular weight is 340 g/mol. The zero-order valence-electron chi connectivity index (χ0n) is 12.6. The molecule has 0 bridgehead atoms. The second-order valence-electron chi connectivity index (χ2n) is 6.40. The summed E-state index contributed by atoms with van der Waals surface area (Å²) in [5, 5.41) is 0. The first-order valence-electron chi connectivity index (χ1n) is 6.99. The fraction of sp³-hybridized carbons (Fsp3) is 0.562. The van der Waals surface area contributed by atoms with Gasteiger partial charge in [0.25, 0.3) is 0 Å². The zero-order valence-corrected chi connectivity index (χ0v) is 14.2. The minimum absolute atomic E-state index is 0.221. The van der Waals surface area contributed by atoms with Gasteiger partial charge in [0.2, 0.25) is 0 Å². The molecule has 20 heavy (non-hydrogen) atoms. The third-order valence-corrected chi connectivity index (χ3v) is 4.09. The number of carbonyl (C=O) groups is 1. The van der Waals surface area contributed by atoms with Gasteiger partial charge in [-0.1, -0.05) is 22.0 Å². The molecule has 0 spiro atoms. The second kappa shape index (κ2) is 5.76. The third kappa shape index (κ3) is 3.75. The summed E-state index contributed by atoms with van der Waals surface area (Å²) >= 11 is 3.51. The van der Waals surface area contributed by atoms with E-state index in [-0.39, 0.29) is 12.1 Å². The van der Waals surface area contributed by atoms with Crippen molar-refractivity contribution in [3.05, 3.63) is 33.8 Å². The number of amides is 1. The van der Waals surface area contributed by atoms with Gasteiger partial charge in [0.05, 0.1) is 0 Å². The lowest BCUT2D eigenvalue weighted by molar-refractivity contribution is 0.0210. The van der Waals surface area contributed by atoms with Crippen molar-refractivity contribution >= 4 is 22.0 Å². The lowest BCUT2D eigenvalue weighted by Crippen LogP contribution is -2.43. The predicted molar refractivity (Wildman–Crippen MR) is 84.0 cm³/mol. The monoisotopic (exact) mass is 339 g/mol. The number of aryl methyl sites for hydroxylation is 1. The number of rotatable bonds is 1. The van der Waals surface area contributed by atoms with E-state index in [1.54, 1.807) is 4.90 Å². The highest BCUT2D eigenvalue weighted by atomic mass is 79.9. The number of hydrogen-bond acceptors (Lipinski definition) is 2. The number of nitrogens with zero attached hydrogens (tertiary/aromatic N) is 1.